The monoisotopic (exact) mass is 250 g/mol. The van der Waals surface area contributed by atoms with Crippen LogP contribution in [0.5, 0.6) is 5.75 Å². The lowest BCUT2D eigenvalue weighted by Crippen LogP contribution is -1.95. The van der Waals surface area contributed by atoms with Crippen LogP contribution in [0, 0.1) is 5.82 Å². The van der Waals surface area contributed by atoms with Crippen molar-refractivity contribution in [1.29, 1.82) is 0 Å². The van der Waals surface area contributed by atoms with Crippen molar-refractivity contribution in [3.05, 3.63) is 29.6 Å². The SMILES string of the molecule is COc1cc(-c2onc(N)c2C(C)C)ccc1F. The number of benzene rings is 1. The number of nitrogen functional groups attached to an aromatic ring is 1. The summed E-state index contributed by atoms with van der Waals surface area (Å²) >= 11 is 0. The summed E-state index contributed by atoms with van der Waals surface area (Å²) < 4.78 is 23.5. The van der Waals surface area contributed by atoms with E-state index in [4.69, 9.17) is 15.0 Å². The first-order valence-electron chi connectivity index (χ1n) is 5.63. The molecule has 1 heterocycles. The van der Waals surface area contributed by atoms with Crippen LogP contribution in [0.4, 0.5) is 10.2 Å². The van der Waals surface area contributed by atoms with Crippen LogP contribution in [0.3, 0.4) is 0 Å². The summed E-state index contributed by atoms with van der Waals surface area (Å²) in [6.45, 7) is 3.99. The molecule has 0 spiro atoms. The average molecular weight is 250 g/mol. The van der Waals surface area contributed by atoms with Crippen LogP contribution in [0.1, 0.15) is 25.3 Å². The molecule has 0 fully saturated rings. The van der Waals surface area contributed by atoms with Crippen LogP contribution < -0.4 is 10.5 Å². The van der Waals surface area contributed by atoms with Gasteiger partial charge >= 0.3 is 0 Å². The highest BCUT2D eigenvalue weighted by molar-refractivity contribution is 5.68. The van der Waals surface area contributed by atoms with E-state index in [1.165, 1.54) is 13.2 Å². The third kappa shape index (κ3) is 2.03. The molecule has 0 radical (unpaired) electrons. The first-order chi connectivity index (χ1) is 8.54. The first-order valence-corrected chi connectivity index (χ1v) is 5.63. The van der Waals surface area contributed by atoms with Crippen molar-refractivity contribution in [3.63, 3.8) is 0 Å². The second-order valence-electron chi connectivity index (χ2n) is 4.31. The van der Waals surface area contributed by atoms with Gasteiger partial charge in [-0.05, 0) is 24.1 Å². The molecule has 96 valence electrons. The van der Waals surface area contributed by atoms with Crippen molar-refractivity contribution < 1.29 is 13.7 Å². The van der Waals surface area contributed by atoms with Gasteiger partial charge in [0, 0.05) is 11.1 Å². The number of ether oxygens (including phenoxy) is 1. The highest BCUT2D eigenvalue weighted by Gasteiger charge is 2.19. The summed E-state index contributed by atoms with van der Waals surface area (Å²) in [5, 5.41) is 3.76. The zero-order chi connectivity index (χ0) is 13.3. The van der Waals surface area contributed by atoms with Crippen molar-refractivity contribution in [2.24, 2.45) is 0 Å². The summed E-state index contributed by atoms with van der Waals surface area (Å²) in [6, 6.07) is 4.52. The minimum atomic E-state index is -0.417. The van der Waals surface area contributed by atoms with E-state index in [9.17, 15) is 4.39 Å². The van der Waals surface area contributed by atoms with Crippen molar-refractivity contribution in [2.45, 2.75) is 19.8 Å². The molecule has 4 nitrogen and oxygen atoms in total. The van der Waals surface area contributed by atoms with Gasteiger partial charge in [0.05, 0.1) is 7.11 Å². The summed E-state index contributed by atoms with van der Waals surface area (Å²) in [7, 11) is 1.42. The maximum Gasteiger partial charge on any atom is 0.172 e. The number of nitrogens with zero attached hydrogens (tertiary/aromatic N) is 1. The molecule has 0 saturated carbocycles. The number of halogens is 1. The van der Waals surface area contributed by atoms with Crippen molar-refractivity contribution >= 4 is 5.82 Å². The molecule has 0 aliphatic rings. The fourth-order valence-electron chi connectivity index (χ4n) is 1.88. The Hall–Kier alpha value is -2.04. The van der Waals surface area contributed by atoms with Crippen molar-refractivity contribution in [3.8, 4) is 17.1 Å². The van der Waals surface area contributed by atoms with E-state index < -0.39 is 5.82 Å². The Kier molecular flexibility index (Phi) is 3.23. The third-order valence-corrected chi connectivity index (χ3v) is 2.75. The van der Waals surface area contributed by atoms with E-state index in [0.29, 0.717) is 17.1 Å². The molecule has 0 saturated heterocycles. The molecule has 0 amide bonds. The van der Waals surface area contributed by atoms with E-state index in [1.807, 2.05) is 13.8 Å². The summed E-state index contributed by atoms with van der Waals surface area (Å²) in [5.41, 5.74) is 7.29. The van der Waals surface area contributed by atoms with Crippen LogP contribution in [0.15, 0.2) is 22.7 Å². The number of anilines is 1. The van der Waals surface area contributed by atoms with Gasteiger partial charge in [0.1, 0.15) is 0 Å². The Morgan fingerprint density at radius 2 is 2.11 bits per heavy atom. The number of rotatable bonds is 3. The average Bonchev–Trinajstić information content (AvgIpc) is 2.72. The van der Waals surface area contributed by atoms with Gasteiger partial charge in [0.15, 0.2) is 23.1 Å². The number of nitrogens with two attached hydrogens (primary N) is 1. The lowest BCUT2D eigenvalue weighted by molar-refractivity contribution is 0.386. The van der Waals surface area contributed by atoms with Gasteiger partial charge in [-0.15, -0.1) is 0 Å². The second-order valence-corrected chi connectivity index (χ2v) is 4.31. The maximum atomic E-state index is 13.4. The first kappa shape index (κ1) is 12.4. The van der Waals surface area contributed by atoms with Gasteiger partial charge in [-0.3, -0.25) is 0 Å². The van der Waals surface area contributed by atoms with E-state index in [2.05, 4.69) is 5.16 Å². The fraction of sp³-hybridized carbons (Fsp3) is 0.308. The van der Waals surface area contributed by atoms with Crippen LogP contribution in [-0.4, -0.2) is 12.3 Å². The lowest BCUT2D eigenvalue weighted by atomic mass is 9.99. The van der Waals surface area contributed by atoms with E-state index in [0.717, 1.165) is 5.56 Å². The molecule has 0 unspecified atom stereocenters. The minimum absolute atomic E-state index is 0.164. The van der Waals surface area contributed by atoms with Crippen LogP contribution in [0.25, 0.3) is 11.3 Å². The topological polar surface area (TPSA) is 61.3 Å². The molecule has 1 aromatic carbocycles. The number of aromatic nitrogens is 1. The zero-order valence-corrected chi connectivity index (χ0v) is 10.5. The molecule has 0 atom stereocenters. The molecule has 2 aromatic rings. The number of methoxy groups -OCH3 is 1. The van der Waals surface area contributed by atoms with Crippen LogP contribution in [0.2, 0.25) is 0 Å². The zero-order valence-electron chi connectivity index (χ0n) is 10.5. The lowest BCUT2D eigenvalue weighted by Gasteiger charge is -2.07. The normalized spacial score (nSPS) is 10.9. The molecule has 2 N–H and O–H groups in total. The fourth-order valence-corrected chi connectivity index (χ4v) is 1.88. The molecular formula is C13H15FN2O2. The summed E-state index contributed by atoms with van der Waals surface area (Å²) in [4.78, 5) is 0. The van der Waals surface area contributed by atoms with Gasteiger partial charge < -0.3 is 15.0 Å². The molecule has 0 aliphatic heterocycles. The van der Waals surface area contributed by atoms with Crippen LogP contribution >= 0.6 is 0 Å². The van der Waals surface area contributed by atoms with Crippen LogP contribution in [-0.2, 0) is 0 Å². The largest absolute Gasteiger partial charge is 0.494 e. The predicted octanol–water partition coefficient (Wildman–Crippen LogP) is 3.19. The smallest absolute Gasteiger partial charge is 0.172 e. The van der Waals surface area contributed by atoms with E-state index in [-0.39, 0.29) is 11.7 Å². The molecule has 1 aromatic heterocycles. The highest BCUT2D eigenvalue weighted by atomic mass is 19.1. The molecule has 5 heteroatoms. The van der Waals surface area contributed by atoms with Crippen molar-refractivity contribution in [1.82, 2.24) is 5.16 Å². The molecule has 2 rings (SSSR count). The molecule has 0 bridgehead atoms. The van der Waals surface area contributed by atoms with Gasteiger partial charge in [-0.2, -0.15) is 0 Å². The number of hydrogen-bond donors (Lipinski definition) is 1. The minimum Gasteiger partial charge on any atom is -0.494 e. The van der Waals surface area contributed by atoms with Gasteiger partial charge in [0.2, 0.25) is 0 Å². The third-order valence-electron chi connectivity index (χ3n) is 2.75. The van der Waals surface area contributed by atoms with Gasteiger partial charge in [-0.1, -0.05) is 19.0 Å². The highest BCUT2D eigenvalue weighted by Crippen LogP contribution is 2.35. The maximum absolute atomic E-state index is 13.4. The Morgan fingerprint density at radius 3 is 2.72 bits per heavy atom. The van der Waals surface area contributed by atoms with E-state index in [1.54, 1.807) is 12.1 Å². The van der Waals surface area contributed by atoms with Gasteiger partial charge in [-0.25, -0.2) is 4.39 Å². The Labute approximate surface area is 105 Å². The van der Waals surface area contributed by atoms with Gasteiger partial charge in [0.25, 0.3) is 0 Å². The quantitative estimate of drug-likeness (QED) is 0.908. The molecule has 0 aliphatic carbocycles. The Balaban J connectivity index is 2.55. The second kappa shape index (κ2) is 4.68. The molecular weight excluding hydrogens is 235 g/mol. The number of hydrogen-bond acceptors (Lipinski definition) is 4. The summed E-state index contributed by atoms with van der Waals surface area (Å²) in [6.07, 6.45) is 0. The summed E-state index contributed by atoms with van der Waals surface area (Å²) in [5.74, 6) is 0.836. The standard InChI is InChI=1S/C13H15FN2O2/c1-7(2)11-12(18-16-13(11)15)8-4-5-9(14)10(6-8)17-3/h4-7H,1-3H3,(H2,15,16). The Morgan fingerprint density at radius 1 is 1.39 bits per heavy atom. The van der Waals surface area contributed by atoms with Crippen molar-refractivity contribution in [2.75, 3.05) is 12.8 Å². The molecule has 18 heavy (non-hydrogen) atoms. The van der Waals surface area contributed by atoms with E-state index >= 15 is 0 Å². The Bertz CT molecular complexity index is 564. The predicted molar refractivity (Wildman–Crippen MR) is 67.0 cm³/mol.